The van der Waals surface area contributed by atoms with Gasteiger partial charge in [-0.15, -0.1) is 13.2 Å². The van der Waals surface area contributed by atoms with Crippen molar-refractivity contribution in [3.05, 3.63) is 53.6 Å². The molecule has 3 aromatic rings. The molecule has 10 heteroatoms. The maximum absolute atomic E-state index is 13.3. The van der Waals surface area contributed by atoms with Gasteiger partial charge >= 0.3 is 6.36 Å². The van der Waals surface area contributed by atoms with E-state index in [1.807, 2.05) is 19.1 Å². The second kappa shape index (κ2) is 9.43. The normalized spacial score (nSPS) is 15.1. The van der Waals surface area contributed by atoms with Crippen molar-refractivity contribution in [3.63, 3.8) is 0 Å². The van der Waals surface area contributed by atoms with Crippen LogP contribution in [0.3, 0.4) is 0 Å². The van der Waals surface area contributed by atoms with Gasteiger partial charge in [0.25, 0.3) is 5.91 Å². The summed E-state index contributed by atoms with van der Waals surface area (Å²) in [5.74, 6) is -0.519. The highest BCUT2D eigenvalue weighted by Crippen LogP contribution is 2.33. The van der Waals surface area contributed by atoms with Crippen molar-refractivity contribution < 1.29 is 27.4 Å². The predicted octanol–water partition coefficient (Wildman–Crippen LogP) is 4.48. The van der Waals surface area contributed by atoms with Crippen LogP contribution >= 0.6 is 11.3 Å². The van der Waals surface area contributed by atoms with Gasteiger partial charge in [-0.2, -0.15) is 0 Å². The summed E-state index contributed by atoms with van der Waals surface area (Å²) >= 11 is 1.16. The number of aryl methyl sites for hydroxylation is 1. The molecule has 170 valence electrons. The third-order valence-corrected chi connectivity index (χ3v) is 6.14. The summed E-state index contributed by atoms with van der Waals surface area (Å²) in [6.07, 6.45) is -4.77. The van der Waals surface area contributed by atoms with Gasteiger partial charge in [0.2, 0.25) is 0 Å². The van der Waals surface area contributed by atoms with Crippen molar-refractivity contribution in [2.24, 2.45) is 0 Å². The Morgan fingerprint density at radius 3 is 2.59 bits per heavy atom. The smallest absolute Gasteiger partial charge is 0.406 e. The van der Waals surface area contributed by atoms with E-state index in [9.17, 15) is 18.0 Å². The highest BCUT2D eigenvalue weighted by molar-refractivity contribution is 7.22. The second-order valence-corrected chi connectivity index (χ2v) is 8.46. The molecule has 0 spiro atoms. The summed E-state index contributed by atoms with van der Waals surface area (Å²) in [4.78, 5) is 21.7. The number of alkyl halides is 3. The van der Waals surface area contributed by atoms with Crippen LogP contribution in [-0.2, 0) is 4.74 Å². The molecule has 0 radical (unpaired) electrons. The highest BCUT2D eigenvalue weighted by Gasteiger charge is 2.31. The van der Waals surface area contributed by atoms with Crippen LogP contribution in [0.5, 0.6) is 5.75 Å². The summed E-state index contributed by atoms with van der Waals surface area (Å²) in [7, 11) is 0. The summed E-state index contributed by atoms with van der Waals surface area (Å²) in [6, 6.07) is 11.2. The number of anilines is 1. The Labute approximate surface area is 187 Å². The molecule has 1 amide bonds. The number of hydrogen-bond donors (Lipinski definition) is 0. The maximum Gasteiger partial charge on any atom is 0.573 e. The number of fused-ring (bicyclic) bond motifs is 1. The minimum atomic E-state index is -4.77. The van der Waals surface area contributed by atoms with Gasteiger partial charge in [-0.3, -0.25) is 14.6 Å². The molecule has 6 nitrogen and oxygen atoms in total. The van der Waals surface area contributed by atoms with Crippen molar-refractivity contribution in [2.75, 3.05) is 44.3 Å². The van der Waals surface area contributed by atoms with Crippen molar-refractivity contribution in [3.8, 4) is 5.75 Å². The third-order valence-electron chi connectivity index (χ3n) is 5.10. The zero-order valence-electron chi connectivity index (χ0n) is 17.4. The van der Waals surface area contributed by atoms with E-state index in [2.05, 4.69) is 14.6 Å². The van der Waals surface area contributed by atoms with Crippen molar-refractivity contribution in [2.45, 2.75) is 13.3 Å². The van der Waals surface area contributed by atoms with Crippen LogP contribution in [-0.4, -0.2) is 61.5 Å². The monoisotopic (exact) mass is 465 g/mol. The number of morpholine rings is 1. The van der Waals surface area contributed by atoms with Crippen LogP contribution in [0.1, 0.15) is 15.9 Å². The fraction of sp³-hybridized carbons (Fsp3) is 0.364. The lowest BCUT2D eigenvalue weighted by Gasteiger charge is -2.29. The lowest BCUT2D eigenvalue weighted by Crippen LogP contribution is -2.43. The molecule has 1 aliphatic heterocycles. The van der Waals surface area contributed by atoms with E-state index in [1.54, 1.807) is 17.0 Å². The van der Waals surface area contributed by atoms with Gasteiger partial charge in [-0.05, 0) is 31.2 Å². The van der Waals surface area contributed by atoms with Crippen LogP contribution < -0.4 is 9.64 Å². The van der Waals surface area contributed by atoms with Crippen LogP contribution in [0.4, 0.5) is 18.3 Å². The molecule has 1 saturated heterocycles. The Bertz CT molecular complexity index is 1080. The molecule has 0 aliphatic carbocycles. The maximum atomic E-state index is 13.3. The van der Waals surface area contributed by atoms with E-state index in [-0.39, 0.29) is 11.7 Å². The number of hydrogen-bond acceptors (Lipinski definition) is 6. The van der Waals surface area contributed by atoms with E-state index >= 15 is 0 Å². The number of nitrogens with zero attached hydrogens (tertiary/aromatic N) is 3. The topological polar surface area (TPSA) is 54.9 Å². The minimum absolute atomic E-state index is 0.205. The Balaban J connectivity index is 1.62. The second-order valence-electron chi connectivity index (χ2n) is 7.45. The van der Waals surface area contributed by atoms with Gasteiger partial charge in [0.1, 0.15) is 5.75 Å². The van der Waals surface area contributed by atoms with Gasteiger partial charge in [0, 0.05) is 37.8 Å². The molecule has 1 fully saturated rings. The molecular formula is C22H22F3N3O3S. The van der Waals surface area contributed by atoms with Crippen LogP contribution in [0.2, 0.25) is 0 Å². The van der Waals surface area contributed by atoms with Crippen LogP contribution in [0, 0.1) is 6.92 Å². The first-order valence-corrected chi connectivity index (χ1v) is 11.0. The minimum Gasteiger partial charge on any atom is -0.406 e. The molecule has 32 heavy (non-hydrogen) atoms. The number of aromatic nitrogens is 1. The van der Waals surface area contributed by atoms with Gasteiger partial charge in [-0.25, -0.2) is 4.98 Å². The summed E-state index contributed by atoms with van der Waals surface area (Å²) < 4.78 is 47.6. The van der Waals surface area contributed by atoms with Crippen LogP contribution in [0.15, 0.2) is 42.5 Å². The molecule has 0 N–H and O–H groups in total. The summed E-state index contributed by atoms with van der Waals surface area (Å²) in [6.45, 7) is 5.84. The zero-order valence-corrected chi connectivity index (χ0v) is 18.2. The van der Waals surface area contributed by atoms with Crippen molar-refractivity contribution in [1.82, 2.24) is 9.88 Å². The first kappa shape index (κ1) is 22.5. The fourth-order valence-electron chi connectivity index (χ4n) is 3.41. The van der Waals surface area contributed by atoms with Crippen molar-refractivity contribution >= 4 is 32.6 Å². The van der Waals surface area contributed by atoms with E-state index in [1.165, 1.54) is 18.2 Å². The third kappa shape index (κ3) is 5.56. The molecule has 0 saturated carbocycles. The Kier molecular flexibility index (Phi) is 6.63. The Morgan fingerprint density at radius 1 is 1.19 bits per heavy atom. The predicted molar refractivity (Wildman–Crippen MR) is 116 cm³/mol. The largest absolute Gasteiger partial charge is 0.573 e. The SMILES string of the molecule is Cc1ccc(C(=O)N(CCN2CCOCC2)c2nc3ccc(OC(F)(F)F)cc3s2)cc1. The Morgan fingerprint density at radius 2 is 1.91 bits per heavy atom. The van der Waals surface area contributed by atoms with E-state index in [4.69, 9.17) is 4.74 Å². The molecule has 2 heterocycles. The van der Waals surface area contributed by atoms with E-state index in [0.717, 1.165) is 30.0 Å². The molecular weight excluding hydrogens is 443 g/mol. The van der Waals surface area contributed by atoms with E-state index in [0.29, 0.717) is 47.2 Å². The number of ether oxygens (including phenoxy) is 2. The first-order chi connectivity index (χ1) is 15.3. The standard InChI is InChI=1S/C22H22F3N3O3S/c1-15-2-4-16(5-3-15)20(29)28(9-8-27-10-12-30-13-11-27)21-26-18-7-6-17(14-19(18)32-21)31-22(23,24)25/h2-7,14H,8-13H2,1H3. The molecule has 0 atom stereocenters. The lowest BCUT2D eigenvalue weighted by atomic mass is 10.1. The molecule has 0 bridgehead atoms. The molecule has 1 aromatic heterocycles. The number of benzene rings is 2. The number of thiazole rings is 1. The average molecular weight is 465 g/mol. The van der Waals surface area contributed by atoms with Gasteiger partial charge in [0.15, 0.2) is 5.13 Å². The fourth-order valence-corrected chi connectivity index (χ4v) is 4.43. The highest BCUT2D eigenvalue weighted by atomic mass is 32.1. The number of halogens is 3. The average Bonchev–Trinajstić information content (AvgIpc) is 3.17. The van der Waals surface area contributed by atoms with Gasteiger partial charge in [-0.1, -0.05) is 29.0 Å². The first-order valence-electron chi connectivity index (χ1n) is 10.1. The molecule has 1 aliphatic rings. The molecule has 2 aromatic carbocycles. The number of amides is 1. The van der Waals surface area contributed by atoms with E-state index < -0.39 is 6.36 Å². The van der Waals surface area contributed by atoms with Gasteiger partial charge in [0.05, 0.1) is 23.4 Å². The number of carbonyl (C=O) groups excluding carboxylic acids is 1. The molecule has 4 rings (SSSR count). The van der Waals surface area contributed by atoms with Gasteiger partial charge < -0.3 is 9.47 Å². The number of rotatable bonds is 6. The molecule has 0 unspecified atom stereocenters. The zero-order chi connectivity index (χ0) is 22.7. The summed E-state index contributed by atoms with van der Waals surface area (Å²) in [5, 5.41) is 0.433. The summed E-state index contributed by atoms with van der Waals surface area (Å²) in [5.41, 5.74) is 2.07. The number of carbonyl (C=O) groups is 1. The van der Waals surface area contributed by atoms with Crippen molar-refractivity contribution in [1.29, 1.82) is 0 Å². The van der Waals surface area contributed by atoms with Crippen LogP contribution in [0.25, 0.3) is 10.2 Å². The lowest BCUT2D eigenvalue weighted by molar-refractivity contribution is -0.274. The Hall–Kier alpha value is -2.69. The quantitative estimate of drug-likeness (QED) is 0.537.